The van der Waals surface area contributed by atoms with Crippen LogP contribution in [0.3, 0.4) is 0 Å². The molecule has 3 aromatic heterocycles. The average Bonchev–Trinajstić information content (AvgIpc) is 3.13. The van der Waals surface area contributed by atoms with Crippen LogP contribution in [0.15, 0.2) is 11.5 Å². The summed E-state index contributed by atoms with van der Waals surface area (Å²) in [5.41, 5.74) is 2.04. The van der Waals surface area contributed by atoms with Gasteiger partial charge in [0.15, 0.2) is 10.8 Å². The van der Waals surface area contributed by atoms with Crippen molar-refractivity contribution in [2.24, 2.45) is 5.92 Å². The number of hydrogen-bond acceptors (Lipinski definition) is 6. The van der Waals surface area contributed by atoms with Gasteiger partial charge in [-0.3, -0.25) is 9.20 Å². The second-order valence-corrected chi connectivity index (χ2v) is 8.91. The zero-order chi connectivity index (χ0) is 17.6. The summed E-state index contributed by atoms with van der Waals surface area (Å²) >= 11 is 3.12. The van der Waals surface area contributed by atoms with Gasteiger partial charge >= 0.3 is 0 Å². The van der Waals surface area contributed by atoms with Crippen LogP contribution in [-0.2, 0) is 4.79 Å². The second kappa shape index (κ2) is 6.57. The molecule has 1 unspecified atom stereocenters. The van der Waals surface area contributed by atoms with Gasteiger partial charge in [-0.05, 0) is 38.2 Å². The molecule has 1 amide bonds. The molecular formula is C17H21N5OS2. The Morgan fingerprint density at radius 1 is 1.40 bits per heavy atom. The summed E-state index contributed by atoms with van der Waals surface area (Å²) in [6, 6.07) is 0. The molecule has 4 heterocycles. The molecule has 1 saturated heterocycles. The maximum absolute atomic E-state index is 12.5. The lowest BCUT2D eigenvalue weighted by atomic mass is 10.0. The van der Waals surface area contributed by atoms with Crippen molar-refractivity contribution in [1.29, 1.82) is 0 Å². The van der Waals surface area contributed by atoms with Crippen LogP contribution in [0, 0.1) is 19.8 Å². The highest BCUT2D eigenvalue weighted by Gasteiger charge is 2.22. The molecule has 1 aliphatic heterocycles. The van der Waals surface area contributed by atoms with Gasteiger partial charge in [-0.25, -0.2) is 4.98 Å². The number of hydrogen-bond donors (Lipinski definition) is 0. The lowest BCUT2D eigenvalue weighted by Gasteiger charge is -2.30. The number of thiophene rings is 1. The summed E-state index contributed by atoms with van der Waals surface area (Å²) in [5, 5.41) is 10.5. The number of carbonyl (C=O) groups is 1. The highest BCUT2D eigenvalue weighted by Crippen LogP contribution is 2.32. The number of likely N-dealkylation sites (tertiary alicyclic amines) is 1. The van der Waals surface area contributed by atoms with E-state index in [0.717, 1.165) is 40.5 Å². The van der Waals surface area contributed by atoms with E-state index in [1.165, 1.54) is 28.6 Å². The molecule has 0 radical (unpaired) electrons. The SMILES string of the molecule is Cc1sc2ncn3c(SCC(=O)N4CCCC(C)C4)nnc3c2c1C. The number of amides is 1. The second-order valence-electron chi connectivity index (χ2n) is 6.76. The molecule has 0 aliphatic carbocycles. The number of fused-ring (bicyclic) bond motifs is 3. The van der Waals surface area contributed by atoms with E-state index < -0.39 is 0 Å². The van der Waals surface area contributed by atoms with E-state index in [1.54, 1.807) is 17.7 Å². The molecule has 0 N–H and O–H groups in total. The lowest BCUT2D eigenvalue weighted by molar-refractivity contribution is -0.130. The van der Waals surface area contributed by atoms with Crippen molar-refractivity contribution in [3.05, 3.63) is 16.8 Å². The Hall–Kier alpha value is -1.67. The third-order valence-corrected chi connectivity index (χ3v) is 6.92. The van der Waals surface area contributed by atoms with E-state index in [1.807, 2.05) is 9.30 Å². The van der Waals surface area contributed by atoms with Gasteiger partial charge < -0.3 is 4.90 Å². The number of aryl methyl sites for hydroxylation is 2. The molecular weight excluding hydrogens is 354 g/mol. The molecule has 132 valence electrons. The number of rotatable bonds is 3. The Bertz CT molecular complexity index is 947. The topological polar surface area (TPSA) is 63.4 Å². The van der Waals surface area contributed by atoms with Gasteiger partial charge in [-0.1, -0.05) is 18.7 Å². The van der Waals surface area contributed by atoms with Crippen molar-refractivity contribution in [2.45, 2.75) is 38.8 Å². The molecule has 0 aromatic carbocycles. The van der Waals surface area contributed by atoms with E-state index in [-0.39, 0.29) is 5.91 Å². The van der Waals surface area contributed by atoms with Crippen LogP contribution >= 0.6 is 23.1 Å². The minimum atomic E-state index is 0.185. The van der Waals surface area contributed by atoms with Crippen molar-refractivity contribution >= 4 is 44.9 Å². The van der Waals surface area contributed by atoms with Gasteiger partial charge in [0.05, 0.1) is 11.1 Å². The fourth-order valence-electron chi connectivity index (χ4n) is 3.36. The molecule has 1 fully saturated rings. The van der Waals surface area contributed by atoms with E-state index in [4.69, 9.17) is 0 Å². The smallest absolute Gasteiger partial charge is 0.233 e. The molecule has 1 aliphatic rings. The van der Waals surface area contributed by atoms with Crippen molar-refractivity contribution in [3.63, 3.8) is 0 Å². The maximum Gasteiger partial charge on any atom is 0.233 e. The number of aromatic nitrogens is 4. The quantitative estimate of drug-likeness (QED) is 0.657. The molecule has 3 aromatic rings. The Labute approximate surface area is 154 Å². The van der Waals surface area contributed by atoms with Gasteiger partial charge in [-0.15, -0.1) is 21.5 Å². The van der Waals surface area contributed by atoms with Crippen LogP contribution < -0.4 is 0 Å². The molecule has 4 rings (SSSR count). The van der Waals surface area contributed by atoms with Crippen LogP contribution in [-0.4, -0.2) is 49.2 Å². The van der Waals surface area contributed by atoms with E-state index in [9.17, 15) is 4.79 Å². The van der Waals surface area contributed by atoms with Crippen molar-refractivity contribution in [1.82, 2.24) is 24.5 Å². The first kappa shape index (κ1) is 16.8. The monoisotopic (exact) mass is 375 g/mol. The molecule has 0 bridgehead atoms. The standard InChI is InChI=1S/C17H21N5OS2/c1-10-5-4-6-21(7-10)13(23)8-24-17-20-19-15-14-11(2)12(3)25-16(14)18-9-22(15)17/h9-10H,4-8H2,1-3H3. The number of carbonyl (C=O) groups excluding carboxylic acids is 1. The third-order valence-electron chi connectivity index (χ3n) is 4.88. The molecule has 1 atom stereocenters. The van der Waals surface area contributed by atoms with Crippen molar-refractivity contribution in [3.8, 4) is 0 Å². The molecule has 8 heteroatoms. The molecule has 0 saturated carbocycles. The summed E-state index contributed by atoms with van der Waals surface area (Å²) in [7, 11) is 0. The lowest BCUT2D eigenvalue weighted by Crippen LogP contribution is -2.40. The number of nitrogens with zero attached hydrogens (tertiary/aromatic N) is 5. The third kappa shape index (κ3) is 3.01. The van der Waals surface area contributed by atoms with Gasteiger partial charge in [0, 0.05) is 18.0 Å². The number of thioether (sulfide) groups is 1. The number of piperidine rings is 1. The highest BCUT2D eigenvalue weighted by atomic mass is 32.2. The Morgan fingerprint density at radius 2 is 2.24 bits per heavy atom. The minimum absolute atomic E-state index is 0.185. The first-order valence-corrected chi connectivity index (χ1v) is 10.3. The van der Waals surface area contributed by atoms with Crippen molar-refractivity contribution < 1.29 is 4.79 Å². The normalized spacial score (nSPS) is 18.4. The van der Waals surface area contributed by atoms with Crippen LogP contribution in [0.4, 0.5) is 0 Å². The van der Waals surface area contributed by atoms with E-state index >= 15 is 0 Å². The molecule has 25 heavy (non-hydrogen) atoms. The van der Waals surface area contributed by atoms with Gasteiger partial charge in [0.2, 0.25) is 5.91 Å². The zero-order valence-electron chi connectivity index (χ0n) is 14.7. The summed E-state index contributed by atoms with van der Waals surface area (Å²) in [6.45, 7) is 8.15. The van der Waals surface area contributed by atoms with Crippen LogP contribution in [0.2, 0.25) is 0 Å². The minimum Gasteiger partial charge on any atom is -0.342 e. The van der Waals surface area contributed by atoms with Gasteiger partial charge in [-0.2, -0.15) is 0 Å². The summed E-state index contributed by atoms with van der Waals surface area (Å²) in [6.07, 6.45) is 4.08. The zero-order valence-corrected chi connectivity index (χ0v) is 16.3. The summed E-state index contributed by atoms with van der Waals surface area (Å²) < 4.78 is 1.90. The fraction of sp³-hybridized carbons (Fsp3) is 0.529. The Morgan fingerprint density at radius 3 is 3.04 bits per heavy atom. The Kier molecular flexibility index (Phi) is 4.41. The van der Waals surface area contributed by atoms with Crippen molar-refractivity contribution in [2.75, 3.05) is 18.8 Å². The molecule has 0 spiro atoms. The summed E-state index contributed by atoms with van der Waals surface area (Å²) in [4.78, 5) is 21.2. The average molecular weight is 376 g/mol. The van der Waals surface area contributed by atoms with Crippen LogP contribution in [0.25, 0.3) is 15.9 Å². The predicted molar refractivity (Wildman–Crippen MR) is 101 cm³/mol. The first-order valence-electron chi connectivity index (χ1n) is 8.54. The largest absolute Gasteiger partial charge is 0.342 e. The van der Waals surface area contributed by atoms with Crippen LogP contribution in [0.5, 0.6) is 0 Å². The van der Waals surface area contributed by atoms with Gasteiger partial charge in [0.25, 0.3) is 0 Å². The highest BCUT2D eigenvalue weighted by molar-refractivity contribution is 7.99. The first-order chi connectivity index (χ1) is 12.0. The fourth-order valence-corrected chi connectivity index (χ4v) is 5.15. The van der Waals surface area contributed by atoms with Crippen LogP contribution in [0.1, 0.15) is 30.2 Å². The summed E-state index contributed by atoms with van der Waals surface area (Å²) in [5.74, 6) is 1.18. The predicted octanol–water partition coefficient (Wildman–Crippen LogP) is 3.31. The van der Waals surface area contributed by atoms with E-state index in [2.05, 4.69) is 36.0 Å². The van der Waals surface area contributed by atoms with Gasteiger partial charge in [0.1, 0.15) is 11.2 Å². The Balaban J connectivity index is 1.56. The molecule has 6 nitrogen and oxygen atoms in total. The van der Waals surface area contributed by atoms with E-state index in [0.29, 0.717) is 11.7 Å². The maximum atomic E-state index is 12.5.